The van der Waals surface area contributed by atoms with Crippen LogP contribution in [0.2, 0.25) is 5.02 Å². The standard InChI is InChI=1S/C18H22ClN/c1-3-13-20-18(16-7-5-6-8-17(16)19)15-11-9-14(4-2)10-12-15/h5-12,18,20H,3-4,13H2,1-2H3. The molecule has 1 nitrogen and oxygen atoms in total. The molecule has 0 aliphatic rings. The van der Waals surface area contributed by atoms with E-state index in [2.05, 4.69) is 49.5 Å². The van der Waals surface area contributed by atoms with E-state index in [9.17, 15) is 0 Å². The fourth-order valence-corrected chi connectivity index (χ4v) is 2.60. The zero-order chi connectivity index (χ0) is 14.4. The highest BCUT2D eigenvalue weighted by atomic mass is 35.5. The van der Waals surface area contributed by atoms with Crippen LogP contribution in [-0.2, 0) is 6.42 Å². The fraction of sp³-hybridized carbons (Fsp3) is 0.333. The lowest BCUT2D eigenvalue weighted by Gasteiger charge is -2.21. The minimum absolute atomic E-state index is 0.162. The predicted octanol–water partition coefficient (Wildman–Crippen LogP) is 4.99. The van der Waals surface area contributed by atoms with E-state index < -0.39 is 0 Å². The second-order valence-electron chi connectivity index (χ2n) is 5.00. The summed E-state index contributed by atoms with van der Waals surface area (Å²) in [6, 6.07) is 17.0. The van der Waals surface area contributed by atoms with Crippen LogP contribution in [0.25, 0.3) is 0 Å². The van der Waals surface area contributed by atoms with Crippen molar-refractivity contribution in [2.45, 2.75) is 32.7 Å². The molecule has 1 atom stereocenters. The van der Waals surface area contributed by atoms with Crippen molar-refractivity contribution >= 4 is 11.6 Å². The van der Waals surface area contributed by atoms with Gasteiger partial charge in [0.25, 0.3) is 0 Å². The van der Waals surface area contributed by atoms with E-state index in [1.54, 1.807) is 0 Å². The summed E-state index contributed by atoms with van der Waals surface area (Å²) in [7, 11) is 0. The second-order valence-corrected chi connectivity index (χ2v) is 5.41. The van der Waals surface area contributed by atoms with E-state index in [1.807, 2.05) is 18.2 Å². The van der Waals surface area contributed by atoms with Crippen molar-refractivity contribution in [3.05, 3.63) is 70.2 Å². The van der Waals surface area contributed by atoms with E-state index in [0.717, 1.165) is 30.0 Å². The van der Waals surface area contributed by atoms with E-state index in [-0.39, 0.29) is 6.04 Å². The van der Waals surface area contributed by atoms with Gasteiger partial charge in [-0.2, -0.15) is 0 Å². The largest absolute Gasteiger partial charge is 0.306 e. The van der Waals surface area contributed by atoms with E-state index in [4.69, 9.17) is 11.6 Å². The lowest BCUT2D eigenvalue weighted by atomic mass is 9.97. The maximum atomic E-state index is 6.37. The van der Waals surface area contributed by atoms with Gasteiger partial charge in [0.1, 0.15) is 0 Å². The summed E-state index contributed by atoms with van der Waals surface area (Å²) >= 11 is 6.37. The molecule has 0 aromatic heterocycles. The van der Waals surface area contributed by atoms with Crippen LogP contribution in [-0.4, -0.2) is 6.54 Å². The Morgan fingerprint density at radius 1 is 1.00 bits per heavy atom. The first-order chi connectivity index (χ1) is 9.76. The molecule has 1 N–H and O–H groups in total. The van der Waals surface area contributed by atoms with Gasteiger partial charge in [-0.3, -0.25) is 0 Å². The van der Waals surface area contributed by atoms with Crippen molar-refractivity contribution in [2.75, 3.05) is 6.54 Å². The molecule has 2 aromatic carbocycles. The third-order valence-corrected chi connectivity index (χ3v) is 3.88. The summed E-state index contributed by atoms with van der Waals surface area (Å²) in [6.45, 7) is 5.33. The molecule has 0 saturated carbocycles. The molecule has 0 heterocycles. The van der Waals surface area contributed by atoms with Crippen LogP contribution in [0.15, 0.2) is 48.5 Å². The van der Waals surface area contributed by atoms with Gasteiger partial charge in [0.15, 0.2) is 0 Å². The third-order valence-electron chi connectivity index (χ3n) is 3.54. The number of rotatable bonds is 6. The average molecular weight is 288 g/mol. The number of hydrogen-bond donors (Lipinski definition) is 1. The van der Waals surface area contributed by atoms with Gasteiger partial charge in [0.05, 0.1) is 6.04 Å². The maximum absolute atomic E-state index is 6.37. The topological polar surface area (TPSA) is 12.0 Å². The Kier molecular flexibility index (Phi) is 5.63. The highest BCUT2D eigenvalue weighted by Gasteiger charge is 2.15. The Morgan fingerprint density at radius 2 is 1.70 bits per heavy atom. The van der Waals surface area contributed by atoms with Crippen LogP contribution in [0.1, 0.15) is 43.0 Å². The first-order valence-corrected chi connectivity index (χ1v) is 7.70. The SMILES string of the molecule is CCCNC(c1ccc(CC)cc1)c1ccccc1Cl. The molecule has 0 bridgehead atoms. The minimum Gasteiger partial charge on any atom is -0.306 e. The maximum Gasteiger partial charge on any atom is 0.0591 e. The molecule has 0 fully saturated rings. The molecule has 0 saturated heterocycles. The molecule has 2 rings (SSSR count). The van der Waals surface area contributed by atoms with Crippen molar-refractivity contribution in [3.63, 3.8) is 0 Å². The summed E-state index contributed by atoms with van der Waals surface area (Å²) in [5.74, 6) is 0. The Morgan fingerprint density at radius 3 is 2.30 bits per heavy atom. The molecule has 2 aromatic rings. The normalized spacial score (nSPS) is 12.3. The van der Waals surface area contributed by atoms with Crippen LogP contribution >= 0.6 is 11.6 Å². The van der Waals surface area contributed by atoms with Crippen molar-refractivity contribution in [1.82, 2.24) is 5.32 Å². The van der Waals surface area contributed by atoms with Crippen LogP contribution in [0.5, 0.6) is 0 Å². The lowest BCUT2D eigenvalue weighted by Crippen LogP contribution is -2.23. The highest BCUT2D eigenvalue weighted by molar-refractivity contribution is 6.31. The molecule has 106 valence electrons. The number of hydrogen-bond acceptors (Lipinski definition) is 1. The molecule has 20 heavy (non-hydrogen) atoms. The van der Waals surface area contributed by atoms with Gasteiger partial charge in [0, 0.05) is 5.02 Å². The zero-order valence-electron chi connectivity index (χ0n) is 12.2. The van der Waals surface area contributed by atoms with Gasteiger partial charge < -0.3 is 5.32 Å². The summed E-state index contributed by atoms with van der Waals surface area (Å²) in [5.41, 5.74) is 3.78. The van der Waals surface area contributed by atoms with Gasteiger partial charge in [-0.05, 0) is 42.1 Å². The van der Waals surface area contributed by atoms with Crippen molar-refractivity contribution < 1.29 is 0 Å². The smallest absolute Gasteiger partial charge is 0.0591 e. The molecule has 2 heteroatoms. The summed E-state index contributed by atoms with van der Waals surface area (Å²) < 4.78 is 0. The summed E-state index contributed by atoms with van der Waals surface area (Å²) in [5, 5.41) is 4.42. The van der Waals surface area contributed by atoms with Gasteiger partial charge in [-0.15, -0.1) is 0 Å². The summed E-state index contributed by atoms with van der Waals surface area (Å²) in [6.07, 6.45) is 2.17. The number of aryl methyl sites for hydroxylation is 1. The van der Waals surface area contributed by atoms with Crippen LogP contribution < -0.4 is 5.32 Å². The van der Waals surface area contributed by atoms with Crippen LogP contribution in [0, 0.1) is 0 Å². The van der Waals surface area contributed by atoms with E-state index in [1.165, 1.54) is 11.1 Å². The molecule has 0 aliphatic carbocycles. The fourth-order valence-electron chi connectivity index (χ4n) is 2.35. The second kappa shape index (κ2) is 7.47. The van der Waals surface area contributed by atoms with Crippen molar-refractivity contribution in [2.24, 2.45) is 0 Å². The van der Waals surface area contributed by atoms with Crippen LogP contribution in [0.4, 0.5) is 0 Å². The van der Waals surface area contributed by atoms with Gasteiger partial charge in [-0.25, -0.2) is 0 Å². The zero-order valence-corrected chi connectivity index (χ0v) is 13.0. The number of nitrogens with one attached hydrogen (secondary N) is 1. The first kappa shape index (κ1) is 15.1. The number of benzene rings is 2. The lowest BCUT2D eigenvalue weighted by molar-refractivity contribution is 0.598. The Bertz CT molecular complexity index is 533. The average Bonchev–Trinajstić information content (AvgIpc) is 2.50. The molecule has 0 radical (unpaired) electrons. The van der Waals surface area contributed by atoms with Gasteiger partial charge in [0.2, 0.25) is 0 Å². The Balaban J connectivity index is 2.33. The molecule has 0 aliphatic heterocycles. The van der Waals surface area contributed by atoms with Gasteiger partial charge in [-0.1, -0.05) is 67.9 Å². The third kappa shape index (κ3) is 3.62. The molecule has 0 amide bonds. The first-order valence-electron chi connectivity index (χ1n) is 7.33. The van der Waals surface area contributed by atoms with Crippen LogP contribution in [0.3, 0.4) is 0 Å². The van der Waals surface area contributed by atoms with Gasteiger partial charge >= 0.3 is 0 Å². The quantitative estimate of drug-likeness (QED) is 0.789. The Hall–Kier alpha value is -1.31. The van der Waals surface area contributed by atoms with E-state index >= 15 is 0 Å². The van der Waals surface area contributed by atoms with E-state index in [0.29, 0.717) is 0 Å². The molecule has 0 spiro atoms. The summed E-state index contributed by atoms with van der Waals surface area (Å²) in [4.78, 5) is 0. The van der Waals surface area contributed by atoms with Crippen molar-refractivity contribution in [3.8, 4) is 0 Å². The molecule has 1 unspecified atom stereocenters. The molecular weight excluding hydrogens is 266 g/mol. The van der Waals surface area contributed by atoms with Crippen molar-refractivity contribution in [1.29, 1.82) is 0 Å². The monoisotopic (exact) mass is 287 g/mol. The predicted molar refractivity (Wildman–Crippen MR) is 87.4 cm³/mol. The highest BCUT2D eigenvalue weighted by Crippen LogP contribution is 2.28. The Labute approximate surface area is 127 Å². The number of halogens is 1. The minimum atomic E-state index is 0.162. The molecular formula is C18H22ClN.